The van der Waals surface area contributed by atoms with Crippen molar-refractivity contribution < 1.29 is 45.4 Å². The number of fused-ring (bicyclic) bond motifs is 1. The summed E-state index contributed by atoms with van der Waals surface area (Å²) in [5.41, 5.74) is -1.43. The summed E-state index contributed by atoms with van der Waals surface area (Å²) in [6.45, 7) is 2.91. The summed E-state index contributed by atoms with van der Waals surface area (Å²) in [4.78, 5) is 23.1. The lowest BCUT2D eigenvalue weighted by atomic mass is 9.94. The molecule has 0 aliphatic heterocycles. The van der Waals surface area contributed by atoms with Crippen molar-refractivity contribution in [3.8, 4) is 0 Å². The number of carbonyl (C=O) groups excluding carboxylic acids is 2. The lowest BCUT2D eigenvalue weighted by Gasteiger charge is -2.26. The number of nitrogens with zero attached hydrogens (tertiary/aromatic N) is 1. The van der Waals surface area contributed by atoms with Crippen molar-refractivity contribution in [2.45, 2.75) is 51.2 Å². The first-order valence-electron chi connectivity index (χ1n) is 9.19. The number of benzene rings is 1. The number of hydrogen-bond donors (Lipinski definition) is 0. The SMILES string of the molecule is COCCn1cc(C(=O)C(F)(F)F)c2c(CCC(C)(C)OC(=O)C(F)(F)F)cccc21. The number of aromatic nitrogens is 1. The van der Waals surface area contributed by atoms with E-state index >= 15 is 0 Å². The summed E-state index contributed by atoms with van der Waals surface area (Å²) in [7, 11) is 1.42. The van der Waals surface area contributed by atoms with Gasteiger partial charge in [0.05, 0.1) is 12.2 Å². The Labute approximate surface area is 173 Å². The fourth-order valence-electron chi connectivity index (χ4n) is 3.13. The molecule has 5 nitrogen and oxygen atoms in total. The maximum Gasteiger partial charge on any atom is 0.490 e. The lowest BCUT2D eigenvalue weighted by molar-refractivity contribution is -0.211. The molecule has 0 amide bonds. The molecule has 1 aromatic carbocycles. The van der Waals surface area contributed by atoms with Crippen LogP contribution in [0.3, 0.4) is 0 Å². The van der Waals surface area contributed by atoms with Gasteiger partial charge in [-0.25, -0.2) is 4.79 Å². The van der Waals surface area contributed by atoms with Crippen LogP contribution in [0.2, 0.25) is 0 Å². The van der Waals surface area contributed by atoms with Gasteiger partial charge in [0.25, 0.3) is 5.78 Å². The molecule has 31 heavy (non-hydrogen) atoms. The molecule has 0 saturated heterocycles. The molecule has 1 aromatic heterocycles. The highest BCUT2D eigenvalue weighted by Gasteiger charge is 2.44. The monoisotopic (exact) mass is 453 g/mol. The topological polar surface area (TPSA) is 57.5 Å². The van der Waals surface area contributed by atoms with Crippen LogP contribution in [-0.2, 0) is 27.2 Å². The normalized spacial score (nSPS) is 12.9. The standard InChI is InChI=1S/C20H21F6NO4/c1-18(2,31-17(29)20(24,25)26)8-7-12-5-4-6-14-15(12)13(16(28)19(21,22)23)11-27(14)9-10-30-3/h4-6,11H,7-10H2,1-3H3. The molecule has 0 saturated carbocycles. The van der Waals surface area contributed by atoms with E-state index in [0.717, 1.165) is 6.20 Å². The lowest BCUT2D eigenvalue weighted by Crippen LogP contribution is -2.36. The van der Waals surface area contributed by atoms with Gasteiger partial charge in [-0.1, -0.05) is 12.1 Å². The quantitative estimate of drug-likeness (QED) is 0.326. The van der Waals surface area contributed by atoms with E-state index in [0.29, 0.717) is 11.1 Å². The van der Waals surface area contributed by atoms with Gasteiger partial charge >= 0.3 is 18.3 Å². The Hall–Kier alpha value is -2.56. The van der Waals surface area contributed by atoms with Crippen molar-refractivity contribution in [2.75, 3.05) is 13.7 Å². The third kappa shape index (κ3) is 5.99. The first-order chi connectivity index (χ1) is 14.2. The van der Waals surface area contributed by atoms with Gasteiger partial charge in [-0.2, -0.15) is 26.3 Å². The van der Waals surface area contributed by atoms with Crippen molar-refractivity contribution >= 4 is 22.7 Å². The predicted molar refractivity (Wildman–Crippen MR) is 98.7 cm³/mol. The molecular formula is C20H21F6NO4. The zero-order chi connectivity index (χ0) is 23.6. The molecule has 172 valence electrons. The van der Waals surface area contributed by atoms with Crippen molar-refractivity contribution in [1.82, 2.24) is 4.57 Å². The van der Waals surface area contributed by atoms with Crippen LogP contribution < -0.4 is 0 Å². The van der Waals surface area contributed by atoms with E-state index in [2.05, 4.69) is 4.74 Å². The fourth-order valence-corrected chi connectivity index (χ4v) is 3.13. The number of carbonyl (C=O) groups is 2. The Morgan fingerprint density at radius 3 is 2.23 bits per heavy atom. The summed E-state index contributed by atoms with van der Waals surface area (Å²) < 4.78 is 87.7. The van der Waals surface area contributed by atoms with Crippen LogP contribution in [0, 0.1) is 0 Å². The highest BCUT2D eigenvalue weighted by molar-refractivity contribution is 6.11. The molecule has 0 radical (unpaired) electrons. The van der Waals surface area contributed by atoms with Gasteiger partial charge in [0, 0.05) is 30.8 Å². The molecule has 0 unspecified atom stereocenters. The highest BCUT2D eigenvalue weighted by Crippen LogP contribution is 2.33. The predicted octanol–water partition coefficient (Wildman–Crippen LogP) is 4.85. The molecule has 0 N–H and O–H groups in total. The summed E-state index contributed by atoms with van der Waals surface area (Å²) in [6.07, 6.45) is -9.31. The minimum absolute atomic E-state index is 0.0259. The first kappa shape index (κ1) is 24.7. The third-order valence-corrected chi connectivity index (χ3v) is 4.63. The number of halogens is 6. The van der Waals surface area contributed by atoms with Gasteiger partial charge in [0.1, 0.15) is 5.60 Å². The van der Waals surface area contributed by atoms with E-state index in [9.17, 15) is 35.9 Å². The van der Waals surface area contributed by atoms with Gasteiger partial charge < -0.3 is 14.0 Å². The van der Waals surface area contributed by atoms with E-state index in [1.165, 1.54) is 37.7 Å². The van der Waals surface area contributed by atoms with E-state index in [1.54, 1.807) is 6.07 Å². The van der Waals surface area contributed by atoms with Crippen LogP contribution in [0.4, 0.5) is 26.3 Å². The molecule has 0 spiro atoms. The van der Waals surface area contributed by atoms with Crippen LogP contribution in [0.15, 0.2) is 24.4 Å². The maximum absolute atomic E-state index is 13.1. The molecule has 0 bridgehead atoms. The second kappa shape index (κ2) is 8.89. The number of aryl methyl sites for hydroxylation is 1. The third-order valence-electron chi connectivity index (χ3n) is 4.63. The second-order valence-corrected chi connectivity index (χ2v) is 7.51. The Balaban J connectivity index is 2.43. The van der Waals surface area contributed by atoms with E-state index in [1.807, 2.05) is 0 Å². The van der Waals surface area contributed by atoms with E-state index in [-0.39, 0.29) is 31.4 Å². The minimum Gasteiger partial charge on any atom is -0.453 e. The van der Waals surface area contributed by atoms with Gasteiger partial charge in [-0.15, -0.1) is 0 Å². The van der Waals surface area contributed by atoms with Crippen LogP contribution in [-0.4, -0.2) is 48.0 Å². The number of esters is 1. The molecular weight excluding hydrogens is 432 g/mol. The zero-order valence-corrected chi connectivity index (χ0v) is 17.0. The molecule has 2 aromatic rings. The molecule has 0 atom stereocenters. The molecule has 0 aliphatic rings. The summed E-state index contributed by atoms with van der Waals surface area (Å²) in [5, 5.41) is 0.0545. The average molecular weight is 453 g/mol. The molecule has 11 heteroatoms. The largest absolute Gasteiger partial charge is 0.490 e. The smallest absolute Gasteiger partial charge is 0.453 e. The van der Waals surface area contributed by atoms with Crippen LogP contribution >= 0.6 is 0 Å². The van der Waals surface area contributed by atoms with Crippen molar-refractivity contribution in [1.29, 1.82) is 0 Å². The number of methoxy groups -OCH3 is 1. The van der Waals surface area contributed by atoms with Crippen LogP contribution in [0.1, 0.15) is 36.2 Å². The molecule has 0 fully saturated rings. The Bertz CT molecular complexity index is 959. The number of rotatable bonds is 8. The number of Topliss-reactive ketones (excluding diaryl/α,β-unsaturated/α-hetero) is 1. The Kier molecular flexibility index (Phi) is 7.09. The van der Waals surface area contributed by atoms with Crippen molar-refractivity contribution in [3.63, 3.8) is 0 Å². The summed E-state index contributed by atoms with van der Waals surface area (Å²) in [5.74, 6) is -4.38. The molecule has 1 heterocycles. The molecule has 0 aliphatic carbocycles. The zero-order valence-electron chi connectivity index (χ0n) is 17.0. The van der Waals surface area contributed by atoms with Gasteiger partial charge in [0.2, 0.25) is 0 Å². The van der Waals surface area contributed by atoms with Gasteiger partial charge in [0.15, 0.2) is 0 Å². The van der Waals surface area contributed by atoms with E-state index in [4.69, 9.17) is 4.74 Å². The van der Waals surface area contributed by atoms with Crippen LogP contribution in [0.5, 0.6) is 0 Å². The fraction of sp³-hybridized carbons (Fsp3) is 0.500. The molecule has 2 rings (SSSR count). The second-order valence-electron chi connectivity index (χ2n) is 7.51. The average Bonchev–Trinajstić information content (AvgIpc) is 3.01. The van der Waals surface area contributed by atoms with Gasteiger partial charge in [-0.05, 0) is 38.3 Å². The Morgan fingerprint density at radius 1 is 1.03 bits per heavy atom. The summed E-state index contributed by atoms with van der Waals surface area (Å²) >= 11 is 0. The van der Waals surface area contributed by atoms with Crippen molar-refractivity contribution in [3.05, 3.63) is 35.5 Å². The minimum atomic E-state index is -5.16. The van der Waals surface area contributed by atoms with Crippen LogP contribution in [0.25, 0.3) is 10.9 Å². The van der Waals surface area contributed by atoms with Gasteiger partial charge in [-0.3, -0.25) is 4.79 Å². The number of ketones is 1. The number of ether oxygens (including phenoxy) is 2. The summed E-state index contributed by atoms with van der Waals surface area (Å²) in [6, 6.07) is 4.59. The first-order valence-corrected chi connectivity index (χ1v) is 9.19. The highest BCUT2D eigenvalue weighted by atomic mass is 19.4. The number of hydrogen-bond acceptors (Lipinski definition) is 4. The maximum atomic E-state index is 13.1. The van der Waals surface area contributed by atoms with Crippen molar-refractivity contribution in [2.24, 2.45) is 0 Å². The number of alkyl halides is 6. The van der Waals surface area contributed by atoms with E-state index < -0.39 is 35.3 Å². The Morgan fingerprint density at radius 2 is 1.68 bits per heavy atom.